The van der Waals surface area contributed by atoms with Crippen LogP contribution < -0.4 is 4.74 Å². The molecule has 3 rings (SSSR count). The number of nitrogens with one attached hydrogen (secondary N) is 1. The number of benzene rings is 1. The highest BCUT2D eigenvalue weighted by molar-refractivity contribution is 5.77. The van der Waals surface area contributed by atoms with E-state index in [9.17, 15) is 4.79 Å². The fourth-order valence-corrected chi connectivity index (χ4v) is 2.61. The second-order valence-corrected chi connectivity index (χ2v) is 5.60. The van der Waals surface area contributed by atoms with Gasteiger partial charge in [-0.3, -0.25) is 9.89 Å². The first-order valence-corrected chi connectivity index (χ1v) is 7.67. The van der Waals surface area contributed by atoms with Crippen LogP contribution in [0, 0.1) is 13.0 Å². The van der Waals surface area contributed by atoms with Crippen molar-refractivity contribution in [3.8, 4) is 16.9 Å². The first-order chi connectivity index (χ1) is 11.1. The predicted octanol–water partition coefficient (Wildman–Crippen LogP) is 2.16. The molecule has 1 aromatic heterocycles. The van der Waals surface area contributed by atoms with Crippen LogP contribution in [0.1, 0.15) is 18.5 Å². The first-order valence-electron chi connectivity index (χ1n) is 7.67. The lowest BCUT2D eigenvalue weighted by molar-refractivity contribution is -0.141. The van der Waals surface area contributed by atoms with Crippen molar-refractivity contribution in [3.05, 3.63) is 36.2 Å². The van der Waals surface area contributed by atoms with Gasteiger partial charge in [0.25, 0.3) is 5.91 Å². The highest BCUT2D eigenvalue weighted by Crippen LogP contribution is 2.25. The molecule has 1 aliphatic heterocycles. The van der Waals surface area contributed by atoms with Gasteiger partial charge in [-0.1, -0.05) is 0 Å². The molecule has 1 radical (unpaired) electrons. The van der Waals surface area contributed by atoms with E-state index in [1.165, 1.54) is 0 Å². The minimum atomic E-state index is -0.127. The number of likely N-dealkylation sites (N-methyl/N-ethyl adjacent to an activating group) is 1. The zero-order valence-corrected chi connectivity index (χ0v) is 13.3. The molecule has 23 heavy (non-hydrogen) atoms. The van der Waals surface area contributed by atoms with Crippen LogP contribution >= 0.6 is 0 Å². The molecule has 1 unspecified atom stereocenters. The predicted molar refractivity (Wildman–Crippen MR) is 84.8 cm³/mol. The fourth-order valence-electron chi connectivity index (χ4n) is 2.61. The summed E-state index contributed by atoms with van der Waals surface area (Å²) in [5, 5.41) is 6.94. The fraction of sp³-hybridized carbons (Fsp3) is 0.412. The zero-order valence-electron chi connectivity index (χ0n) is 13.3. The minimum absolute atomic E-state index is 0.0159. The van der Waals surface area contributed by atoms with Crippen molar-refractivity contribution in [3.63, 3.8) is 0 Å². The maximum absolute atomic E-state index is 12.2. The Morgan fingerprint density at radius 2 is 2.43 bits per heavy atom. The van der Waals surface area contributed by atoms with Crippen LogP contribution in [0.2, 0.25) is 0 Å². The second kappa shape index (κ2) is 6.83. The van der Waals surface area contributed by atoms with E-state index in [4.69, 9.17) is 9.47 Å². The number of carbonyl (C=O) groups is 1. The molecule has 2 aromatic rings. The molecule has 6 heteroatoms. The monoisotopic (exact) mass is 314 g/mol. The number of aromatic nitrogens is 2. The van der Waals surface area contributed by atoms with Crippen molar-refractivity contribution in [2.45, 2.75) is 26.0 Å². The van der Waals surface area contributed by atoms with Crippen LogP contribution in [-0.4, -0.2) is 47.5 Å². The van der Waals surface area contributed by atoms with Crippen molar-refractivity contribution < 1.29 is 14.3 Å². The van der Waals surface area contributed by atoms with Gasteiger partial charge < -0.3 is 14.4 Å². The normalized spacial score (nSPS) is 17.2. The van der Waals surface area contributed by atoms with Gasteiger partial charge in [-0.05, 0) is 49.6 Å². The van der Waals surface area contributed by atoms with Gasteiger partial charge in [0.1, 0.15) is 12.0 Å². The molecule has 0 aliphatic carbocycles. The van der Waals surface area contributed by atoms with Gasteiger partial charge in [-0.25, -0.2) is 0 Å². The van der Waals surface area contributed by atoms with E-state index in [0.717, 1.165) is 29.7 Å². The van der Waals surface area contributed by atoms with E-state index < -0.39 is 0 Å². The Kier molecular flexibility index (Phi) is 4.62. The lowest BCUT2D eigenvalue weighted by Crippen LogP contribution is -2.39. The van der Waals surface area contributed by atoms with E-state index in [2.05, 4.69) is 16.3 Å². The van der Waals surface area contributed by atoms with E-state index in [1.807, 2.05) is 25.3 Å². The highest BCUT2D eigenvalue weighted by Gasteiger charge is 2.24. The number of hydrogen-bond donors (Lipinski definition) is 1. The van der Waals surface area contributed by atoms with Gasteiger partial charge in [0.05, 0.1) is 5.69 Å². The van der Waals surface area contributed by atoms with Crippen LogP contribution in [0.5, 0.6) is 5.75 Å². The molecule has 1 atom stereocenters. The van der Waals surface area contributed by atoms with E-state index in [-0.39, 0.29) is 18.7 Å². The maximum atomic E-state index is 12.2. The summed E-state index contributed by atoms with van der Waals surface area (Å²) in [6.07, 6.45) is 3.58. The summed E-state index contributed by atoms with van der Waals surface area (Å²) in [5.41, 5.74) is 2.85. The molecule has 0 bridgehead atoms. The van der Waals surface area contributed by atoms with Gasteiger partial charge in [-0.2, -0.15) is 5.10 Å². The smallest absolute Gasteiger partial charge is 0.262 e. The Morgan fingerprint density at radius 1 is 1.57 bits per heavy atom. The summed E-state index contributed by atoms with van der Waals surface area (Å²) in [4.78, 5) is 13.8. The Balaban J connectivity index is 1.62. The van der Waals surface area contributed by atoms with Gasteiger partial charge in [0.15, 0.2) is 6.61 Å². The molecule has 0 saturated carbocycles. The van der Waals surface area contributed by atoms with E-state index in [1.54, 1.807) is 18.0 Å². The minimum Gasteiger partial charge on any atom is -0.484 e. The van der Waals surface area contributed by atoms with Crippen LogP contribution in [0.25, 0.3) is 11.1 Å². The van der Waals surface area contributed by atoms with Crippen molar-refractivity contribution in [2.24, 2.45) is 0 Å². The molecule has 0 spiro atoms. The molecule has 1 N–H and O–H groups in total. The summed E-state index contributed by atoms with van der Waals surface area (Å²) in [7, 11) is 1.75. The average Bonchev–Trinajstić information content (AvgIpc) is 3.23. The molecular formula is C17H20N3O3. The van der Waals surface area contributed by atoms with Gasteiger partial charge in [-0.15, -0.1) is 0 Å². The summed E-state index contributed by atoms with van der Waals surface area (Å²) in [6.45, 7) is 2.63. The third kappa shape index (κ3) is 3.53. The van der Waals surface area contributed by atoms with E-state index in [0.29, 0.717) is 12.4 Å². The van der Waals surface area contributed by atoms with Crippen molar-refractivity contribution in [1.82, 2.24) is 15.1 Å². The summed E-state index contributed by atoms with van der Waals surface area (Å²) in [5.74, 6) is 0.513. The standard InChI is InChI=1S/C17H20N3O3/c1-12-15(10-18-19-12)13-5-3-6-14(9-13)23-11-16(21)20(2)17-7-4-8-22-17/h5-6,9-10,17H,4,7-8,11H2,1-2H3,(H,18,19). The number of hydrogen-bond acceptors (Lipinski definition) is 4. The van der Waals surface area contributed by atoms with Crippen molar-refractivity contribution in [1.29, 1.82) is 0 Å². The Labute approximate surface area is 135 Å². The number of nitrogens with zero attached hydrogens (tertiary/aromatic N) is 2. The van der Waals surface area contributed by atoms with Gasteiger partial charge in [0, 0.05) is 25.4 Å². The van der Waals surface area contributed by atoms with Crippen molar-refractivity contribution >= 4 is 5.91 Å². The second-order valence-electron chi connectivity index (χ2n) is 5.60. The number of H-pyrrole nitrogens is 1. The molecule has 1 aliphatic rings. The highest BCUT2D eigenvalue weighted by atomic mass is 16.5. The average molecular weight is 314 g/mol. The number of aryl methyl sites for hydroxylation is 1. The molecule has 1 amide bonds. The Hall–Kier alpha value is -2.34. The number of amides is 1. The molecule has 121 valence electrons. The molecular weight excluding hydrogens is 294 g/mol. The third-order valence-corrected chi connectivity index (χ3v) is 4.00. The summed E-state index contributed by atoms with van der Waals surface area (Å²) >= 11 is 0. The number of rotatable bonds is 5. The summed E-state index contributed by atoms with van der Waals surface area (Å²) < 4.78 is 11.1. The zero-order chi connectivity index (χ0) is 16.2. The SMILES string of the molecule is Cc1n[nH]cc1-c1c[c]cc(OCC(=O)N(C)C2CCCO2)c1. The van der Waals surface area contributed by atoms with Crippen molar-refractivity contribution in [2.75, 3.05) is 20.3 Å². The number of aromatic amines is 1. The van der Waals surface area contributed by atoms with Crippen LogP contribution in [-0.2, 0) is 9.53 Å². The quantitative estimate of drug-likeness (QED) is 0.918. The topological polar surface area (TPSA) is 67.5 Å². The number of ether oxygens (including phenoxy) is 2. The molecule has 1 aromatic carbocycles. The molecule has 6 nitrogen and oxygen atoms in total. The number of carbonyl (C=O) groups excluding carboxylic acids is 1. The van der Waals surface area contributed by atoms with Crippen LogP contribution in [0.4, 0.5) is 0 Å². The van der Waals surface area contributed by atoms with Crippen LogP contribution in [0.3, 0.4) is 0 Å². The van der Waals surface area contributed by atoms with Gasteiger partial charge >= 0.3 is 0 Å². The lowest BCUT2D eigenvalue weighted by atomic mass is 10.1. The largest absolute Gasteiger partial charge is 0.484 e. The molecule has 1 saturated heterocycles. The van der Waals surface area contributed by atoms with Gasteiger partial charge in [0.2, 0.25) is 0 Å². The molecule has 2 heterocycles. The first kappa shape index (κ1) is 15.6. The lowest BCUT2D eigenvalue weighted by Gasteiger charge is -2.23. The van der Waals surface area contributed by atoms with E-state index >= 15 is 0 Å². The third-order valence-electron chi connectivity index (χ3n) is 4.00. The summed E-state index contributed by atoms with van der Waals surface area (Å²) in [6, 6.07) is 8.51. The Morgan fingerprint density at radius 3 is 3.13 bits per heavy atom. The Bertz CT molecular complexity index is 677. The van der Waals surface area contributed by atoms with Crippen LogP contribution in [0.15, 0.2) is 24.4 Å². The molecule has 1 fully saturated rings. The maximum Gasteiger partial charge on any atom is 0.262 e.